The number of ketones is 1. The molecular weight excluding hydrogens is 571 g/mol. The largest absolute Gasteiger partial charge is 0.493 e. The number of halogens is 12. The molecule has 0 fully saturated rings. The number of aromatic nitrogens is 2. The molecule has 0 unspecified atom stereocenters. The molecule has 36 heavy (non-hydrogen) atoms. The first-order valence-electron chi connectivity index (χ1n) is 8.72. The van der Waals surface area contributed by atoms with Crippen molar-refractivity contribution in [1.29, 1.82) is 0 Å². The summed E-state index contributed by atoms with van der Waals surface area (Å²) >= 11 is 0. The summed E-state index contributed by atoms with van der Waals surface area (Å²) in [7, 11) is 0. The van der Waals surface area contributed by atoms with Crippen LogP contribution in [0.2, 0.25) is 0 Å². The van der Waals surface area contributed by atoms with E-state index < -0.39 is 97.2 Å². The first-order valence-corrected chi connectivity index (χ1v) is 8.72. The molecule has 0 aliphatic heterocycles. The topological polar surface area (TPSA) is 55.1 Å². The molecule has 2 aromatic carbocycles. The van der Waals surface area contributed by atoms with Gasteiger partial charge in [0.1, 0.15) is 16.8 Å². The van der Waals surface area contributed by atoms with Crippen molar-refractivity contribution in [2.75, 3.05) is 0 Å². The van der Waals surface area contributed by atoms with Crippen molar-refractivity contribution in [2.24, 2.45) is 0 Å². The standard InChI is InChI=1S/C19H6F12N2O2.Mn/c1-4-2-5(3-6(20)9(4)21)15(34)7-16(19(29,30)31)32-33(17(7)35)14-12(24)10(22)8(18(26,27)28)11(23)13(14)25;/h2-3,35H,1H3;. The number of rotatable bonds is 3. The normalized spacial score (nSPS) is 12.0. The van der Waals surface area contributed by atoms with E-state index in [4.69, 9.17) is 0 Å². The SMILES string of the molecule is Cc1cc(C(=O)c2c(C(F)(F)F)nn(-c3c(F)c(F)c(C(F)(F)F)c(F)c3F)c2O)cc(F)c1F.[Mn]. The van der Waals surface area contributed by atoms with Crippen LogP contribution in [-0.2, 0) is 29.4 Å². The van der Waals surface area contributed by atoms with Crippen molar-refractivity contribution in [1.82, 2.24) is 9.78 Å². The number of aryl methyl sites for hydroxylation is 1. The third kappa shape index (κ3) is 4.64. The van der Waals surface area contributed by atoms with Crippen LogP contribution in [0.5, 0.6) is 5.88 Å². The molecule has 17 heteroatoms. The van der Waals surface area contributed by atoms with Crippen molar-refractivity contribution < 1.29 is 79.7 Å². The molecule has 1 radical (unpaired) electrons. The van der Waals surface area contributed by atoms with Gasteiger partial charge in [0.05, 0.1) is 0 Å². The van der Waals surface area contributed by atoms with E-state index in [-0.39, 0.29) is 23.1 Å². The zero-order chi connectivity index (χ0) is 26.8. The number of hydrogen-bond acceptors (Lipinski definition) is 3. The number of hydrogen-bond donors (Lipinski definition) is 1. The number of aromatic hydroxyl groups is 1. The molecular formula is C19H6F12MnN2O2. The van der Waals surface area contributed by atoms with Gasteiger partial charge in [0, 0.05) is 22.6 Å². The number of nitrogens with zero attached hydrogens (tertiary/aromatic N) is 2. The fourth-order valence-corrected chi connectivity index (χ4v) is 3.03. The molecule has 0 aliphatic carbocycles. The molecule has 0 bridgehead atoms. The quantitative estimate of drug-likeness (QED) is 0.180. The van der Waals surface area contributed by atoms with Crippen molar-refractivity contribution >= 4 is 5.78 Å². The van der Waals surface area contributed by atoms with Crippen LogP contribution in [0, 0.1) is 41.8 Å². The van der Waals surface area contributed by atoms with E-state index in [1.807, 2.05) is 0 Å². The van der Waals surface area contributed by atoms with Gasteiger partial charge in [0.25, 0.3) is 0 Å². The molecule has 0 aliphatic rings. The summed E-state index contributed by atoms with van der Waals surface area (Å²) in [4.78, 5) is 12.6. The molecule has 0 atom stereocenters. The van der Waals surface area contributed by atoms with Gasteiger partial charge in [0.15, 0.2) is 40.6 Å². The monoisotopic (exact) mass is 577 g/mol. The first-order chi connectivity index (χ1) is 15.9. The van der Waals surface area contributed by atoms with Gasteiger partial charge in [-0.05, 0) is 24.6 Å². The Balaban J connectivity index is 0.00000456. The predicted molar refractivity (Wildman–Crippen MR) is 89.6 cm³/mol. The zero-order valence-electron chi connectivity index (χ0n) is 16.8. The summed E-state index contributed by atoms with van der Waals surface area (Å²) in [6, 6.07) is 0.649. The minimum atomic E-state index is -5.98. The van der Waals surface area contributed by atoms with Crippen molar-refractivity contribution in [2.45, 2.75) is 19.3 Å². The summed E-state index contributed by atoms with van der Waals surface area (Å²) in [6.07, 6.45) is -11.7. The fraction of sp³-hybridized carbons (Fsp3) is 0.158. The number of alkyl halides is 6. The zero-order valence-corrected chi connectivity index (χ0v) is 18.0. The molecule has 3 rings (SSSR count). The van der Waals surface area contributed by atoms with E-state index >= 15 is 0 Å². The van der Waals surface area contributed by atoms with Gasteiger partial charge in [0.2, 0.25) is 11.7 Å². The summed E-state index contributed by atoms with van der Waals surface area (Å²) in [5, 5.41) is 12.6. The van der Waals surface area contributed by atoms with Crippen LogP contribution in [0.1, 0.15) is 32.7 Å². The third-order valence-corrected chi connectivity index (χ3v) is 4.56. The van der Waals surface area contributed by atoms with Crippen LogP contribution in [0.15, 0.2) is 12.1 Å². The molecule has 1 heterocycles. The van der Waals surface area contributed by atoms with Crippen LogP contribution in [0.25, 0.3) is 5.69 Å². The van der Waals surface area contributed by atoms with Crippen molar-refractivity contribution in [3.63, 3.8) is 0 Å². The van der Waals surface area contributed by atoms with Gasteiger partial charge in [-0.3, -0.25) is 4.79 Å². The minimum absolute atomic E-state index is 0. The summed E-state index contributed by atoms with van der Waals surface area (Å²) in [5.41, 5.74) is -11.4. The second-order valence-electron chi connectivity index (χ2n) is 6.85. The van der Waals surface area contributed by atoms with Crippen LogP contribution < -0.4 is 0 Å². The molecule has 0 amide bonds. The minimum Gasteiger partial charge on any atom is -0.493 e. The van der Waals surface area contributed by atoms with Gasteiger partial charge in [-0.2, -0.15) is 36.1 Å². The van der Waals surface area contributed by atoms with Crippen LogP contribution >= 0.6 is 0 Å². The maximum atomic E-state index is 14.3. The smallest absolute Gasteiger partial charge is 0.436 e. The summed E-state index contributed by atoms with van der Waals surface area (Å²) < 4.78 is 161. The van der Waals surface area contributed by atoms with Crippen LogP contribution in [-0.4, -0.2) is 20.7 Å². The maximum Gasteiger partial charge on any atom is 0.436 e. The third-order valence-electron chi connectivity index (χ3n) is 4.56. The number of carbonyl (C=O) groups is 1. The van der Waals surface area contributed by atoms with Gasteiger partial charge < -0.3 is 5.11 Å². The molecule has 0 saturated heterocycles. The molecule has 1 N–H and O–H groups in total. The summed E-state index contributed by atoms with van der Waals surface area (Å²) in [6.45, 7) is 0.904. The molecule has 0 spiro atoms. The average molecular weight is 577 g/mol. The molecule has 4 nitrogen and oxygen atoms in total. The Hall–Kier alpha value is -3.20. The Morgan fingerprint density at radius 2 is 1.33 bits per heavy atom. The Bertz CT molecular complexity index is 1330. The van der Waals surface area contributed by atoms with E-state index in [0.29, 0.717) is 6.07 Å². The first kappa shape index (κ1) is 29.0. The Morgan fingerprint density at radius 1 is 0.833 bits per heavy atom. The van der Waals surface area contributed by atoms with E-state index in [0.717, 1.165) is 6.92 Å². The molecule has 195 valence electrons. The van der Waals surface area contributed by atoms with Gasteiger partial charge >= 0.3 is 12.4 Å². The molecule has 0 saturated carbocycles. The molecule has 3 aromatic rings. The van der Waals surface area contributed by atoms with Crippen LogP contribution in [0.4, 0.5) is 52.7 Å². The molecule has 1 aromatic heterocycles. The number of benzene rings is 2. The Morgan fingerprint density at radius 3 is 1.75 bits per heavy atom. The fourth-order valence-electron chi connectivity index (χ4n) is 3.03. The van der Waals surface area contributed by atoms with E-state index in [2.05, 4.69) is 5.10 Å². The number of carbonyl (C=O) groups excluding carboxylic acids is 1. The van der Waals surface area contributed by atoms with Gasteiger partial charge in [-0.15, -0.1) is 0 Å². The van der Waals surface area contributed by atoms with Gasteiger partial charge in [-0.1, -0.05) is 0 Å². The van der Waals surface area contributed by atoms with Gasteiger partial charge in [-0.25, -0.2) is 26.3 Å². The second-order valence-corrected chi connectivity index (χ2v) is 6.85. The summed E-state index contributed by atoms with van der Waals surface area (Å²) in [5.74, 6) is -19.2. The van der Waals surface area contributed by atoms with E-state index in [9.17, 15) is 62.6 Å². The Kier molecular flexibility index (Phi) is 7.54. The van der Waals surface area contributed by atoms with Crippen LogP contribution in [0.3, 0.4) is 0 Å². The van der Waals surface area contributed by atoms with Crippen molar-refractivity contribution in [3.05, 3.63) is 75.0 Å². The maximum absolute atomic E-state index is 14.3. The van der Waals surface area contributed by atoms with Crippen molar-refractivity contribution in [3.8, 4) is 11.6 Å². The van der Waals surface area contributed by atoms with E-state index in [1.54, 1.807) is 0 Å². The average Bonchev–Trinajstić information content (AvgIpc) is 3.06. The Labute approximate surface area is 201 Å². The predicted octanol–water partition coefficient (Wildman–Crippen LogP) is 5.99. The second kappa shape index (κ2) is 9.35. The van der Waals surface area contributed by atoms with E-state index in [1.165, 1.54) is 0 Å².